The fourth-order valence-corrected chi connectivity index (χ4v) is 2.50. The molecule has 0 N–H and O–H groups in total. The van der Waals surface area contributed by atoms with E-state index in [1.807, 2.05) is 35.1 Å². The fourth-order valence-electron chi connectivity index (χ4n) is 2.50. The number of nitriles is 1. The highest BCUT2D eigenvalue weighted by atomic mass is 15.4. The summed E-state index contributed by atoms with van der Waals surface area (Å²) >= 11 is 0. The van der Waals surface area contributed by atoms with Gasteiger partial charge in [-0.2, -0.15) is 10.4 Å². The Bertz CT molecular complexity index is 840. The van der Waals surface area contributed by atoms with Crippen LogP contribution in [0, 0.1) is 11.3 Å². The second kappa shape index (κ2) is 4.56. The van der Waals surface area contributed by atoms with Crippen LogP contribution in [0.4, 0.5) is 5.82 Å². The molecule has 0 radical (unpaired) electrons. The Balaban J connectivity index is 1.52. The van der Waals surface area contributed by atoms with E-state index >= 15 is 0 Å². The number of fused-ring (bicyclic) bond motifs is 1. The number of para-hydroxylation sites is 2. The highest BCUT2D eigenvalue weighted by Crippen LogP contribution is 2.26. The van der Waals surface area contributed by atoms with Gasteiger partial charge in [0.05, 0.1) is 35.0 Å². The van der Waals surface area contributed by atoms with E-state index in [-0.39, 0.29) is 0 Å². The van der Waals surface area contributed by atoms with Crippen LogP contribution in [0.3, 0.4) is 0 Å². The molecule has 1 aliphatic heterocycles. The quantitative estimate of drug-likeness (QED) is 0.713. The lowest BCUT2D eigenvalue weighted by Crippen LogP contribution is -2.48. The summed E-state index contributed by atoms with van der Waals surface area (Å²) in [7, 11) is 0. The first-order valence-corrected chi connectivity index (χ1v) is 6.74. The number of anilines is 1. The van der Waals surface area contributed by atoms with Crippen molar-refractivity contribution < 1.29 is 0 Å². The normalized spacial score (nSPS) is 14.9. The SMILES string of the molecule is N#Cc1cnn(C2CN(c3cnc4ccccc4n3)C2)c1. The molecule has 0 saturated carbocycles. The maximum Gasteiger partial charge on any atom is 0.147 e. The summed E-state index contributed by atoms with van der Waals surface area (Å²) in [5, 5.41) is 13.0. The van der Waals surface area contributed by atoms with Crippen LogP contribution in [-0.2, 0) is 0 Å². The Morgan fingerprint density at radius 1 is 1.14 bits per heavy atom. The molecule has 0 spiro atoms. The van der Waals surface area contributed by atoms with E-state index in [9.17, 15) is 0 Å². The van der Waals surface area contributed by atoms with Crippen LogP contribution < -0.4 is 4.90 Å². The molecule has 6 heteroatoms. The first-order chi connectivity index (χ1) is 10.3. The topological polar surface area (TPSA) is 70.6 Å². The Morgan fingerprint density at radius 2 is 1.95 bits per heavy atom. The van der Waals surface area contributed by atoms with Gasteiger partial charge in [0.2, 0.25) is 0 Å². The zero-order valence-electron chi connectivity index (χ0n) is 11.2. The highest BCUT2D eigenvalue weighted by Gasteiger charge is 2.30. The predicted octanol–water partition coefficient (Wildman–Crippen LogP) is 1.76. The molecule has 1 fully saturated rings. The Morgan fingerprint density at radius 3 is 2.71 bits per heavy atom. The van der Waals surface area contributed by atoms with Gasteiger partial charge in [0.25, 0.3) is 0 Å². The van der Waals surface area contributed by atoms with Gasteiger partial charge in [0.1, 0.15) is 11.9 Å². The molecule has 21 heavy (non-hydrogen) atoms. The van der Waals surface area contributed by atoms with E-state index in [0.717, 1.165) is 29.9 Å². The van der Waals surface area contributed by atoms with Crippen molar-refractivity contribution in [2.45, 2.75) is 6.04 Å². The van der Waals surface area contributed by atoms with E-state index in [4.69, 9.17) is 5.26 Å². The molecule has 6 nitrogen and oxygen atoms in total. The van der Waals surface area contributed by atoms with Gasteiger partial charge in [0.15, 0.2) is 0 Å². The molecule has 0 atom stereocenters. The molecule has 3 aromatic rings. The Labute approximate surface area is 121 Å². The van der Waals surface area contributed by atoms with Crippen molar-refractivity contribution in [2.24, 2.45) is 0 Å². The third-order valence-electron chi connectivity index (χ3n) is 3.73. The summed E-state index contributed by atoms with van der Waals surface area (Å²) in [5.41, 5.74) is 2.41. The van der Waals surface area contributed by atoms with Crippen molar-refractivity contribution in [3.8, 4) is 6.07 Å². The molecule has 102 valence electrons. The lowest BCUT2D eigenvalue weighted by Gasteiger charge is -2.39. The molecule has 3 heterocycles. The van der Waals surface area contributed by atoms with E-state index in [1.54, 1.807) is 12.4 Å². The van der Waals surface area contributed by atoms with Crippen molar-refractivity contribution in [3.63, 3.8) is 0 Å². The number of aromatic nitrogens is 4. The first-order valence-electron chi connectivity index (χ1n) is 6.74. The van der Waals surface area contributed by atoms with Crippen molar-refractivity contribution in [3.05, 3.63) is 48.4 Å². The van der Waals surface area contributed by atoms with Crippen LogP contribution in [0.5, 0.6) is 0 Å². The number of benzene rings is 1. The second-order valence-corrected chi connectivity index (χ2v) is 5.10. The van der Waals surface area contributed by atoms with Gasteiger partial charge in [-0.1, -0.05) is 12.1 Å². The molecule has 1 saturated heterocycles. The Hall–Kier alpha value is -2.94. The lowest BCUT2D eigenvalue weighted by atomic mass is 10.1. The fraction of sp³-hybridized carbons (Fsp3) is 0.200. The minimum atomic E-state index is 0.292. The van der Waals surface area contributed by atoms with E-state index in [2.05, 4.69) is 26.0 Å². The molecular formula is C15H12N6. The third kappa shape index (κ3) is 1.99. The van der Waals surface area contributed by atoms with Gasteiger partial charge >= 0.3 is 0 Å². The molecule has 0 amide bonds. The summed E-state index contributed by atoms with van der Waals surface area (Å²) in [4.78, 5) is 11.2. The van der Waals surface area contributed by atoms with E-state index in [1.165, 1.54) is 0 Å². The van der Waals surface area contributed by atoms with Gasteiger partial charge in [-0.15, -0.1) is 0 Å². The highest BCUT2D eigenvalue weighted by molar-refractivity contribution is 5.75. The molecule has 4 rings (SSSR count). The number of hydrogen-bond acceptors (Lipinski definition) is 5. The average Bonchev–Trinajstić information content (AvgIpc) is 2.94. The third-order valence-corrected chi connectivity index (χ3v) is 3.73. The molecular weight excluding hydrogens is 264 g/mol. The number of rotatable bonds is 2. The Kier molecular flexibility index (Phi) is 2.57. The van der Waals surface area contributed by atoms with Crippen LogP contribution in [-0.4, -0.2) is 32.8 Å². The van der Waals surface area contributed by atoms with Crippen molar-refractivity contribution in [1.82, 2.24) is 19.7 Å². The number of nitrogens with zero attached hydrogens (tertiary/aromatic N) is 6. The van der Waals surface area contributed by atoms with Gasteiger partial charge in [0, 0.05) is 19.3 Å². The van der Waals surface area contributed by atoms with Gasteiger partial charge in [-0.25, -0.2) is 4.98 Å². The maximum atomic E-state index is 8.82. The van der Waals surface area contributed by atoms with E-state index in [0.29, 0.717) is 11.6 Å². The van der Waals surface area contributed by atoms with Crippen LogP contribution in [0.15, 0.2) is 42.9 Å². The molecule has 2 aromatic heterocycles. The molecule has 1 aromatic carbocycles. The molecule has 1 aliphatic rings. The zero-order chi connectivity index (χ0) is 14.2. The summed E-state index contributed by atoms with van der Waals surface area (Å²) in [6.07, 6.45) is 5.19. The summed E-state index contributed by atoms with van der Waals surface area (Å²) in [6.45, 7) is 1.67. The molecule has 0 aliphatic carbocycles. The lowest BCUT2D eigenvalue weighted by molar-refractivity contribution is 0.366. The van der Waals surface area contributed by atoms with Crippen molar-refractivity contribution >= 4 is 16.9 Å². The van der Waals surface area contributed by atoms with Gasteiger partial charge in [-0.3, -0.25) is 9.67 Å². The van der Waals surface area contributed by atoms with Gasteiger partial charge < -0.3 is 4.90 Å². The van der Waals surface area contributed by atoms with Crippen LogP contribution >= 0.6 is 0 Å². The average molecular weight is 276 g/mol. The largest absolute Gasteiger partial charge is 0.351 e. The smallest absolute Gasteiger partial charge is 0.147 e. The van der Waals surface area contributed by atoms with Crippen LogP contribution in [0.25, 0.3) is 11.0 Å². The summed E-state index contributed by atoms with van der Waals surface area (Å²) in [6, 6.07) is 10.2. The number of hydrogen-bond donors (Lipinski definition) is 0. The molecule has 0 bridgehead atoms. The predicted molar refractivity (Wildman–Crippen MR) is 77.7 cm³/mol. The van der Waals surface area contributed by atoms with Gasteiger partial charge in [-0.05, 0) is 12.1 Å². The summed E-state index contributed by atoms with van der Waals surface area (Å²) in [5.74, 6) is 0.887. The second-order valence-electron chi connectivity index (χ2n) is 5.10. The standard InChI is InChI=1S/C15H12N6/c16-5-11-6-18-21(8-11)12-9-20(10-12)15-7-17-13-3-1-2-4-14(13)19-15/h1-4,6-8,12H,9-10H2. The van der Waals surface area contributed by atoms with Crippen LogP contribution in [0.2, 0.25) is 0 Å². The van der Waals surface area contributed by atoms with Crippen LogP contribution in [0.1, 0.15) is 11.6 Å². The zero-order valence-corrected chi connectivity index (χ0v) is 11.2. The minimum absolute atomic E-state index is 0.292. The molecule has 0 unspecified atom stereocenters. The maximum absolute atomic E-state index is 8.82. The monoisotopic (exact) mass is 276 g/mol. The summed E-state index contributed by atoms with van der Waals surface area (Å²) < 4.78 is 1.85. The minimum Gasteiger partial charge on any atom is -0.351 e. The van der Waals surface area contributed by atoms with Crippen molar-refractivity contribution in [2.75, 3.05) is 18.0 Å². The van der Waals surface area contributed by atoms with E-state index < -0.39 is 0 Å². The van der Waals surface area contributed by atoms with Crippen molar-refractivity contribution in [1.29, 1.82) is 5.26 Å². The first kappa shape index (κ1) is 11.9.